The van der Waals surface area contributed by atoms with Crippen LogP contribution in [0.3, 0.4) is 0 Å². The molecule has 0 atom stereocenters. The van der Waals surface area contributed by atoms with Crippen molar-refractivity contribution in [3.63, 3.8) is 0 Å². The molecular weight excluding hydrogens is 298 g/mol. The maximum atomic E-state index is 6.25. The number of fused-ring (bicyclic) bond motifs is 1. The number of aromatic nitrogens is 2. The minimum absolute atomic E-state index is 0.685. The highest BCUT2D eigenvalue weighted by atomic mass is 35.5. The van der Waals surface area contributed by atoms with Crippen LogP contribution in [0, 0.1) is 13.8 Å². The predicted molar refractivity (Wildman–Crippen MR) is 83.5 cm³/mol. The van der Waals surface area contributed by atoms with Crippen LogP contribution in [0.25, 0.3) is 11.0 Å². The molecule has 3 nitrogen and oxygen atoms in total. The lowest BCUT2D eigenvalue weighted by atomic mass is 10.2. The van der Waals surface area contributed by atoms with Gasteiger partial charge in [-0.3, -0.25) is 0 Å². The van der Waals surface area contributed by atoms with E-state index in [4.69, 9.17) is 11.6 Å². The molecule has 19 heavy (non-hydrogen) atoms. The van der Waals surface area contributed by atoms with Crippen molar-refractivity contribution in [2.75, 3.05) is 5.32 Å². The maximum absolute atomic E-state index is 6.25. The molecule has 0 bridgehead atoms. The first-order valence-corrected chi connectivity index (χ1v) is 7.78. The van der Waals surface area contributed by atoms with E-state index in [-0.39, 0.29) is 0 Å². The number of aryl methyl sites for hydroxylation is 2. The van der Waals surface area contributed by atoms with Crippen LogP contribution < -0.4 is 5.32 Å². The number of nitrogens with zero attached hydrogens (tertiary/aromatic N) is 2. The first-order chi connectivity index (χ1) is 9.15. The van der Waals surface area contributed by atoms with E-state index in [1.165, 1.54) is 27.0 Å². The van der Waals surface area contributed by atoms with Crippen molar-refractivity contribution in [1.29, 1.82) is 0 Å². The monoisotopic (exact) mass is 309 g/mol. The number of thiophene rings is 1. The quantitative estimate of drug-likeness (QED) is 0.766. The predicted octanol–water partition coefficient (Wildman–Crippen LogP) is 4.64. The van der Waals surface area contributed by atoms with Gasteiger partial charge in [0.2, 0.25) is 0 Å². The average Bonchev–Trinajstić information content (AvgIpc) is 2.95. The Morgan fingerprint density at radius 3 is 2.84 bits per heavy atom. The minimum atomic E-state index is 0.685. The summed E-state index contributed by atoms with van der Waals surface area (Å²) in [6, 6.07) is 5.96. The standard InChI is InChI=1S/C13H12ClN3S2/c1-7-5-9(8(2)18-7)6-15-12-10(14)3-4-11-13(12)17-19-16-11/h3-5,15H,6H2,1-2H3. The Labute approximate surface area is 124 Å². The molecule has 1 N–H and O–H groups in total. The van der Waals surface area contributed by atoms with Gasteiger partial charge in [0.15, 0.2) is 0 Å². The summed E-state index contributed by atoms with van der Waals surface area (Å²) in [5.74, 6) is 0. The topological polar surface area (TPSA) is 37.8 Å². The molecule has 0 aliphatic carbocycles. The van der Waals surface area contributed by atoms with Crippen molar-refractivity contribution in [2.45, 2.75) is 20.4 Å². The molecule has 2 heterocycles. The van der Waals surface area contributed by atoms with Crippen molar-refractivity contribution < 1.29 is 0 Å². The molecule has 2 aromatic heterocycles. The van der Waals surface area contributed by atoms with Crippen LogP contribution in [0.15, 0.2) is 18.2 Å². The average molecular weight is 310 g/mol. The summed E-state index contributed by atoms with van der Waals surface area (Å²) in [4.78, 5) is 2.67. The van der Waals surface area contributed by atoms with E-state index in [1.54, 1.807) is 0 Å². The van der Waals surface area contributed by atoms with Gasteiger partial charge in [0, 0.05) is 16.3 Å². The zero-order valence-corrected chi connectivity index (χ0v) is 12.9. The first-order valence-electron chi connectivity index (χ1n) is 5.85. The Morgan fingerprint density at radius 1 is 1.26 bits per heavy atom. The molecule has 98 valence electrons. The molecular formula is C13H12ClN3S2. The summed E-state index contributed by atoms with van der Waals surface area (Å²) in [5.41, 5.74) is 3.91. The van der Waals surface area contributed by atoms with Gasteiger partial charge < -0.3 is 5.32 Å². The molecule has 0 saturated heterocycles. The van der Waals surface area contributed by atoms with Crippen molar-refractivity contribution in [2.24, 2.45) is 0 Å². The lowest BCUT2D eigenvalue weighted by Crippen LogP contribution is -2.00. The van der Waals surface area contributed by atoms with Gasteiger partial charge in [-0.15, -0.1) is 11.3 Å². The van der Waals surface area contributed by atoms with Crippen molar-refractivity contribution in [3.05, 3.63) is 38.5 Å². The lowest BCUT2D eigenvalue weighted by molar-refractivity contribution is 1.14. The highest BCUT2D eigenvalue weighted by molar-refractivity contribution is 7.12. The molecule has 6 heteroatoms. The Hall–Kier alpha value is -1.17. The van der Waals surface area contributed by atoms with Gasteiger partial charge in [-0.1, -0.05) is 11.6 Å². The number of hydrogen-bond acceptors (Lipinski definition) is 5. The summed E-state index contributed by atoms with van der Waals surface area (Å²) < 4.78 is 8.54. The maximum Gasteiger partial charge on any atom is 0.129 e. The van der Waals surface area contributed by atoms with Crippen LogP contribution in [0.1, 0.15) is 15.3 Å². The zero-order valence-electron chi connectivity index (χ0n) is 10.5. The molecule has 3 aromatic rings. The molecule has 0 spiro atoms. The molecule has 3 rings (SSSR count). The third-order valence-electron chi connectivity index (χ3n) is 2.98. The number of nitrogens with one attached hydrogen (secondary N) is 1. The van der Waals surface area contributed by atoms with Gasteiger partial charge in [-0.25, -0.2) is 0 Å². The second-order valence-corrected chi connectivity index (χ2v) is 6.74. The highest BCUT2D eigenvalue weighted by Crippen LogP contribution is 2.31. The van der Waals surface area contributed by atoms with Crippen LogP contribution in [0.2, 0.25) is 5.02 Å². The fraction of sp³-hybridized carbons (Fsp3) is 0.231. The number of rotatable bonds is 3. The number of hydrogen-bond donors (Lipinski definition) is 1. The van der Waals surface area contributed by atoms with Crippen LogP contribution >= 0.6 is 34.7 Å². The summed E-state index contributed by atoms with van der Waals surface area (Å²) in [6.45, 7) is 5.02. The van der Waals surface area contributed by atoms with Gasteiger partial charge >= 0.3 is 0 Å². The largest absolute Gasteiger partial charge is 0.378 e. The van der Waals surface area contributed by atoms with Gasteiger partial charge in [-0.05, 0) is 37.6 Å². The summed E-state index contributed by atoms with van der Waals surface area (Å²) >= 11 is 9.27. The van der Waals surface area contributed by atoms with Crippen molar-refractivity contribution in [1.82, 2.24) is 8.75 Å². The molecule has 1 aromatic carbocycles. The third kappa shape index (κ3) is 2.45. The Kier molecular flexibility index (Phi) is 3.43. The number of anilines is 1. The second-order valence-electron chi connectivity index (χ2n) is 4.35. The molecule has 0 radical (unpaired) electrons. The Bertz CT molecular complexity index is 733. The van der Waals surface area contributed by atoms with Crippen molar-refractivity contribution >= 4 is 51.4 Å². The van der Waals surface area contributed by atoms with Crippen LogP contribution in [0.4, 0.5) is 5.69 Å². The van der Waals surface area contributed by atoms with Gasteiger partial charge in [0.25, 0.3) is 0 Å². The van der Waals surface area contributed by atoms with E-state index in [2.05, 4.69) is 34.0 Å². The lowest BCUT2D eigenvalue weighted by Gasteiger charge is -2.08. The van der Waals surface area contributed by atoms with E-state index < -0.39 is 0 Å². The third-order valence-corrected chi connectivity index (χ3v) is 4.84. The molecule has 0 unspecified atom stereocenters. The normalized spacial score (nSPS) is 11.1. The van der Waals surface area contributed by atoms with Crippen LogP contribution in [-0.4, -0.2) is 8.75 Å². The zero-order chi connectivity index (χ0) is 13.4. The highest BCUT2D eigenvalue weighted by Gasteiger charge is 2.10. The second kappa shape index (κ2) is 5.07. The Balaban J connectivity index is 1.91. The van der Waals surface area contributed by atoms with Gasteiger partial charge in [-0.2, -0.15) is 8.75 Å². The molecule has 0 aliphatic heterocycles. The fourth-order valence-electron chi connectivity index (χ4n) is 2.04. The number of benzene rings is 1. The molecule has 0 fully saturated rings. The minimum Gasteiger partial charge on any atom is -0.378 e. The summed E-state index contributed by atoms with van der Waals surface area (Å²) in [6.07, 6.45) is 0. The fourth-order valence-corrected chi connectivity index (χ4v) is 3.75. The Morgan fingerprint density at radius 2 is 2.11 bits per heavy atom. The molecule has 0 amide bonds. The van der Waals surface area contributed by atoms with Gasteiger partial charge in [0.05, 0.1) is 22.4 Å². The van der Waals surface area contributed by atoms with E-state index in [9.17, 15) is 0 Å². The van der Waals surface area contributed by atoms with E-state index in [0.717, 1.165) is 23.3 Å². The van der Waals surface area contributed by atoms with Crippen LogP contribution in [0.5, 0.6) is 0 Å². The van der Waals surface area contributed by atoms with Gasteiger partial charge in [0.1, 0.15) is 11.0 Å². The van der Waals surface area contributed by atoms with E-state index in [0.29, 0.717) is 5.02 Å². The summed E-state index contributed by atoms with van der Waals surface area (Å²) in [5, 5.41) is 4.08. The van der Waals surface area contributed by atoms with Crippen molar-refractivity contribution in [3.8, 4) is 0 Å². The van der Waals surface area contributed by atoms with E-state index >= 15 is 0 Å². The summed E-state index contributed by atoms with van der Waals surface area (Å²) in [7, 11) is 0. The first kappa shape index (κ1) is 12.8. The van der Waals surface area contributed by atoms with Crippen LogP contribution in [-0.2, 0) is 6.54 Å². The number of halogens is 1. The molecule has 0 aliphatic rings. The van der Waals surface area contributed by atoms with E-state index in [1.807, 2.05) is 23.5 Å². The molecule has 0 saturated carbocycles. The smallest absolute Gasteiger partial charge is 0.129 e. The SMILES string of the molecule is Cc1cc(CNc2c(Cl)ccc3nsnc23)c(C)s1.